The number of carbonyl (C=O) groups excluding carboxylic acids is 2. The number of hydrogen-bond acceptors (Lipinski definition) is 3. The molecule has 2 N–H and O–H groups in total. The number of benzene rings is 2. The number of nitrogens with one attached hydrogen (secondary N) is 2. The summed E-state index contributed by atoms with van der Waals surface area (Å²) in [5.74, 6) is 0.459. The van der Waals surface area contributed by atoms with Crippen molar-refractivity contribution < 1.29 is 14.3 Å². The van der Waals surface area contributed by atoms with Crippen LogP contribution in [0.5, 0.6) is 5.75 Å². The van der Waals surface area contributed by atoms with E-state index in [4.69, 9.17) is 4.74 Å². The molecule has 3 rings (SSSR count). The van der Waals surface area contributed by atoms with E-state index in [0.717, 1.165) is 16.9 Å². The molecule has 1 heterocycles. The van der Waals surface area contributed by atoms with E-state index in [1.807, 2.05) is 42.5 Å². The third kappa shape index (κ3) is 3.56. The van der Waals surface area contributed by atoms with Gasteiger partial charge in [-0.05, 0) is 35.7 Å². The fraction of sp³-hybridized carbons (Fsp3) is 0.263. The molecule has 2 amide bonds. The standard InChI is InChI=1S/C19H20N2O3/c1-24-15-7-4-5-13(11-15)9-10-20-19(23)17-12-14-6-2-3-8-16(14)18(22)21-17/h2-8,11,17H,9-10,12H2,1H3,(H,20,23)(H,21,22)/t17-/m0/s1. The van der Waals surface area contributed by atoms with Crippen molar-refractivity contribution in [3.63, 3.8) is 0 Å². The summed E-state index contributed by atoms with van der Waals surface area (Å²) >= 11 is 0. The normalized spacial score (nSPS) is 16.0. The molecule has 1 aliphatic rings. The predicted octanol–water partition coefficient (Wildman–Crippen LogP) is 1.71. The van der Waals surface area contributed by atoms with Gasteiger partial charge in [-0.3, -0.25) is 9.59 Å². The number of rotatable bonds is 5. The molecule has 1 aliphatic heterocycles. The predicted molar refractivity (Wildman–Crippen MR) is 91.1 cm³/mol. The zero-order valence-electron chi connectivity index (χ0n) is 13.5. The van der Waals surface area contributed by atoms with Crippen LogP contribution in [0.3, 0.4) is 0 Å². The zero-order chi connectivity index (χ0) is 16.9. The van der Waals surface area contributed by atoms with Crippen molar-refractivity contribution in [3.05, 3.63) is 65.2 Å². The molecule has 5 nitrogen and oxygen atoms in total. The van der Waals surface area contributed by atoms with E-state index in [-0.39, 0.29) is 11.8 Å². The summed E-state index contributed by atoms with van der Waals surface area (Å²) in [5, 5.41) is 5.66. The third-order valence-corrected chi connectivity index (χ3v) is 4.15. The van der Waals surface area contributed by atoms with E-state index < -0.39 is 6.04 Å². The number of carbonyl (C=O) groups is 2. The topological polar surface area (TPSA) is 67.4 Å². The molecule has 0 aromatic heterocycles. The van der Waals surface area contributed by atoms with E-state index >= 15 is 0 Å². The van der Waals surface area contributed by atoms with E-state index in [0.29, 0.717) is 24.9 Å². The Morgan fingerprint density at radius 3 is 2.92 bits per heavy atom. The molecule has 24 heavy (non-hydrogen) atoms. The first-order valence-corrected chi connectivity index (χ1v) is 7.97. The minimum atomic E-state index is -0.516. The second-order valence-electron chi connectivity index (χ2n) is 5.78. The first kappa shape index (κ1) is 16.1. The van der Waals surface area contributed by atoms with Crippen LogP contribution < -0.4 is 15.4 Å². The summed E-state index contributed by atoms with van der Waals surface area (Å²) in [5.41, 5.74) is 2.65. The lowest BCUT2D eigenvalue weighted by Crippen LogP contribution is -2.51. The molecular weight excluding hydrogens is 304 g/mol. The van der Waals surface area contributed by atoms with Gasteiger partial charge >= 0.3 is 0 Å². The second-order valence-corrected chi connectivity index (χ2v) is 5.78. The SMILES string of the molecule is COc1cccc(CCNC(=O)[C@@H]2Cc3ccccc3C(=O)N2)c1. The molecule has 0 radical (unpaired) electrons. The summed E-state index contributed by atoms with van der Waals surface area (Å²) in [6.45, 7) is 0.514. The van der Waals surface area contributed by atoms with Gasteiger partial charge in [0.2, 0.25) is 5.91 Å². The lowest BCUT2D eigenvalue weighted by Gasteiger charge is -2.24. The average Bonchev–Trinajstić information content (AvgIpc) is 2.62. The number of hydrogen-bond donors (Lipinski definition) is 2. The Morgan fingerprint density at radius 2 is 2.08 bits per heavy atom. The van der Waals surface area contributed by atoms with Gasteiger partial charge in [-0.1, -0.05) is 30.3 Å². The van der Waals surface area contributed by atoms with Crippen molar-refractivity contribution in [2.24, 2.45) is 0 Å². The maximum atomic E-state index is 12.3. The highest BCUT2D eigenvalue weighted by Gasteiger charge is 2.28. The molecule has 5 heteroatoms. The van der Waals surface area contributed by atoms with Crippen LogP contribution in [-0.4, -0.2) is 31.5 Å². The first-order valence-electron chi connectivity index (χ1n) is 7.97. The molecule has 0 aliphatic carbocycles. The monoisotopic (exact) mass is 324 g/mol. The van der Waals surface area contributed by atoms with Gasteiger partial charge in [0, 0.05) is 18.5 Å². The molecular formula is C19H20N2O3. The van der Waals surface area contributed by atoms with Crippen LogP contribution >= 0.6 is 0 Å². The fourth-order valence-corrected chi connectivity index (χ4v) is 2.87. The molecule has 2 aromatic carbocycles. The summed E-state index contributed by atoms with van der Waals surface area (Å²) in [4.78, 5) is 24.4. The number of amides is 2. The quantitative estimate of drug-likeness (QED) is 0.880. The zero-order valence-corrected chi connectivity index (χ0v) is 13.5. The summed E-state index contributed by atoms with van der Waals surface area (Å²) < 4.78 is 5.19. The molecule has 0 bridgehead atoms. The minimum absolute atomic E-state index is 0.152. The summed E-state index contributed by atoms with van der Waals surface area (Å²) in [7, 11) is 1.63. The average molecular weight is 324 g/mol. The van der Waals surface area contributed by atoms with Crippen molar-refractivity contribution in [3.8, 4) is 5.75 Å². The maximum absolute atomic E-state index is 12.3. The second kappa shape index (κ2) is 7.17. The molecule has 0 spiro atoms. The van der Waals surface area contributed by atoms with E-state index in [9.17, 15) is 9.59 Å². The van der Waals surface area contributed by atoms with Crippen molar-refractivity contribution in [1.29, 1.82) is 0 Å². The largest absolute Gasteiger partial charge is 0.497 e. The van der Waals surface area contributed by atoms with Gasteiger partial charge < -0.3 is 15.4 Å². The Bertz CT molecular complexity index is 758. The Kier molecular flexibility index (Phi) is 4.79. The Labute approximate surface area is 141 Å². The van der Waals surface area contributed by atoms with Crippen molar-refractivity contribution in [2.75, 3.05) is 13.7 Å². The van der Waals surface area contributed by atoms with Gasteiger partial charge in [0.15, 0.2) is 0 Å². The van der Waals surface area contributed by atoms with Gasteiger partial charge in [0.25, 0.3) is 5.91 Å². The molecule has 0 fully saturated rings. The number of fused-ring (bicyclic) bond motifs is 1. The number of methoxy groups -OCH3 is 1. The molecule has 2 aromatic rings. The maximum Gasteiger partial charge on any atom is 0.252 e. The van der Waals surface area contributed by atoms with Crippen LogP contribution in [-0.2, 0) is 17.6 Å². The lowest BCUT2D eigenvalue weighted by molar-refractivity contribution is -0.123. The van der Waals surface area contributed by atoms with Crippen LogP contribution in [0.15, 0.2) is 48.5 Å². The van der Waals surface area contributed by atoms with E-state index in [1.165, 1.54) is 0 Å². The van der Waals surface area contributed by atoms with Crippen LogP contribution in [0.2, 0.25) is 0 Å². The Balaban J connectivity index is 1.55. The lowest BCUT2D eigenvalue weighted by atomic mass is 9.95. The number of ether oxygens (including phenoxy) is 1. The summed E-state index contributed by atoms with van der Waals surface area (Å²) in [6.07, 6.45) is 1.23. The summed E-state index contributed by atoms with van der Waals surface area (Å²) in [6, 6.07) is 14.6. The minimum Gasteiger partial charge on any atom is -0.497 e. The highest BCUT2D eigenvalue weighted by Crippen LogP contribution is 2.16. The Morgan fingerprint density at radius 1 is 1.25 bits per heavy atom. The van der Waals surface area contributed by atoms with Gasteiger partial charge in [-0.25, -0.2) is 0 Å². The highest BCUT2D eigenvalue weighted by atomic mass is 16.5. The van der Waals surface area contributed by atoms with Crippen molar-refractivity contribution >= 4 is 11.8 Å². The van der Waals surface area contributed by atoms with Crippen molar-refractivity contribution in [1.82, 2.24) is 10.6 Å². The highest BCUT2D eigenvalue weighted by molar-refractivity contribution is 6.00. The van der Waals surface area contributed by atoms with Crippen LogP contribution in [0.1, 0.15) is 21.5 Å². The molecule has 0 unspecified atom stereocenters. The Hall–Kier alpha value is -2.82. The van der Waals surface area contributed by atoms with Gasteiger partial charge in [0.05, 0.1) is 7.11 Å². The molecule has 0 saturated carbocycles. The van der Waals surface area contributed by atoms with Gasteiger partial charge in [-0.2, -0.15) is 0 Å². The van der Waals surface area contributed by atoms with Gasteiger partial charge in [0.1, 0.15) is 11.8 Å². The van der Waals surface area contributed by atoms with Gasteiger partial charge in [-0.15, -0.1) is 0 Å². The van der Waals surface area contributed by atoms with Crippen molar-refractivity contribution in [2.45, 2.75) is 18.9 Å². The molecule has 0 saturated heterocycles. The smallest absolute Gasteiger partial charge is 0.252 e. The van der Waals surface area contributed by atoms with Crippen LogP contribution in [0.25, 0.3) is 0 Å². The van der Waals surface area contributed by atoms with Crippen LogP contribution in [0.4, 0.5) is 0 Å². The van der Waals surface area contributed by atoms with E-state index in [1.54, 1.807) is 13.2 Å². The van der Waals surface area contributed by atoms with E-state index in [2.05, 4.69) is 10.6 Å². The molecule has 124 valence electrons. The fourth-order valence-electron chi connectivity index (χ4n) is 2.87. The van der Waals surface area contributed by atoms with Crippen LogP contribution in [0, 0.1) is 0 Å². The first-order chi connectivity index (χ1) is 11.7. The molecule has 1 atom stereocenters. The third-order valence-electron chi connectivity index (χ3n) is 4.15.